The van der Waals surface area contributed by atoms with Crippen LogP contribution in [0.1, 0.15) is 13.8 Å². The molecule has 0 heterocycles. The summed E-state index contributed by atoms with van der Waals surface area (Å²) in [6, 6.07) is 0. The molecular weight excluding hydrogens is 148 g/mol. The maximum atomic E-state index is 10.6. The number of carbonyl (C=O) groups excluding carboxylic acids is 2. The molecule has 0 aliphatic carbocycles. The first-order valence-electron chi connectivity index (χ1n) is 3.12. The number of primary amides is 1. The highest BCUT2D eigenvalue weighted by atomic mass is 16.3. The minimum Gasteiger partial charge on any atom is -0.394 e. The van der Waals surface area contributed by atoms with Crippen molar-refractivity contribution < 1.29 is 14.7 Å². The van der Waals surface area contributed by atoms with Gasteiger partial charge in [0.2, 0.25) is 0 Å². The standard InChI is InChI=1S/C6H12N2O3/c1-6(2,3-9)8-5(11)4(7)10/h9H,3H2,1-2H3,(H2,7,10)(H,8,11). The lowest BCUT2D eigenvalue weighted by atomic mass is 10.1. The first kappa shape index (κ1) is 9.90. The molecular formula is C6H12N2O3. The highest BCUT2D eigenvalue weighted by Gasteiger charge is 2.21. The molecule has 0 atom stereocenters. The molecule has 4 N–H and O–H groups in total. The Morgan fingerprint density at radius 3 is 2.27 bits per heavy atom. The van der Waals surface area contributed by atoms with Crippen molar-refractivity contribution in [3.05, 3.63) is 0 Å². The minimum absolute atomic E-state index is 0.244. The lowest BCUT2D eigenvalue weighted by Crippen LogP contribution is -2.50. The number of hydrogen-bond donors (Lipinski definition) is 3. The maximum Gasteiger partial charge on any atom is 0.309 e. The number of rotatable bonds is 2. The fourth-order valence-corrected chi connectivity index (χ4v) is 0.408. The third-order valence-corrected chi connectivity index (χ3v) is 1.07. The van der Waals surface area contributed by atoms with Crippen molar-refractivity contribution in [1.29, 1.82) is 0 Å². The van der Waals surface area contributed by atoms with Crippen LogP contribution in [-0.4, -0.2) is 29.1 Å². The Hall–Kier alpha value is -1.10. The van der Waals surface area contributed by atoms with E-state index in [-0.39, 0.29) is 6.61 Å². The van der Waals surface area contributed by atoms with Crippen LogP contribution < -0.4 is 11.1 Å². The second kappa shape index (κ2) is 3.34. The van der Waals surface area contributed by atoms with Gasteiger partial charge in [0, 0.05) is 0 Å². The van der Waals surface area contributed by atoms with Crippen molar-refractivity contribution in [1.82, 2.24) is 5.32 Å². The Morgan fingerprint density at radius 1 is 1.55 bits per heavy atom. The van der Waals surface area contributed by atoms with Crippen LogP contribution in [0.3, 0.4) is 0 Å². The lowest BCUT2D eigenvalue weighted by molar-refractivity contribution is -0.138. The third kappa shape index (κ3) is 3.57. The molecule has 0 aromatic heterocycles. The van der Waals surface area contributed by atoms with E-state index >= 15 is 0 Å². The molecule has 11 heavy (non-hydrogen) atoms. The zero-order valence-corrected chi connectivity index (χ0v) is 6.55. The Morgan fingerprint density at radius 2 is 2.00 bits per heavy atom. The van der Waals surface area contributed by atoms with E-state index < -0.39 is 17.4 Å². The molecule has 0 aliphatic heterocycles. The SMILES string of the molecule is CC(C)(CO)NC(=O)C(N)=O. The summed E-state index contributed by atoms with van der Waals surface area (Å²) in [7, 11) is 0. The van der Waals surface area contributed by atoms with E-state index in [0.29, 0.717) is 0 Å². The highest BCUT2D eigenvalue weighted by Crippen LogP contribution is 1.98. The first-order valence-corrected chi connectivity index (χ1v) is 3.12. The molecule has 0 aliphatic rings. The summed E-state index contributed by atoms with van der Waals surface area (Å²) in [6.45, 7) is 2.91. The van der Waals surface area contributed by atoms with Crippen molar-refractivity contribution in [2.24, 2.45) is 5.73 Å². The monoisotopic (exact) mass is 160 g/mol. The second-order valence-corrected chi connectivity index (χ2v) is 2.86. The van der Waals surface area contributed by atoms with Gasteiger partial charge < -0.3 is 16.2 Å². The maximum absolute atomic E-state index is 10.6. The van der Waals surface area contributed by atoms with Gasteiger partial charge in [-0.3, -0.25) is 9.59 Å². The van der Waals surface area contributed by atoms with Crippen LogP contribution in [-0.2, 0) is 9.59 Å². The molecule has 5 nitrogen and oxygen atoms in total. The summed E-state index contributed by atoms with van der Waals surface area (Å²) in [4.78, 5) is 20.8. The number of nitrogens with two attached hydrogens (primary N) is 1. The summed E-state index contributed by atoms with van der Waals surface area (Å²) < 4.78 is 0. The lowest BCUT2D eigenvalue weighted by Gasteiger charge is -2.22. The molecule has 0 unspecified atom stereocenters. The van der Waals surface area contributed by atoms with Gasteiger partial charge in [-0.1, -0.05) is 0 Å². The number of aliphatic hydroxyl groups is 1. The minimum atomic E-state index is -1.05. The number of nitrogens with one attached hydrogen (secondary N) is 1. The van der Waals surface area contributed by atoms with E-state index in [1.54, 1.807) is 13.8 Å². The molecule has 0 aromatic carbocycles. The molecule has 2 amide bonds. The van der Waals surface area contributed by atoms with Crippen molar-refractivity contribution >= 4 is 11.8 Å². The fraction of sp³-hybridized carbons (Fsp3) is 0.667. The van der Waals surface area contributed by atoms with Crippen molar-refractivity contribution in [3.8, 4) is 0 Å². The van der Waals surface area contributed by atoms with Crippen molar-refractivity contribution in [3.63, 3.8) is 0 Å². The largest absolute Gasteiger partial charge is 0.394 e. The molecule has 64 valence electrons. The van der Waals surface area contributed by atoms with Crippen LogP contribution in [0.4, 0.5) is 0 Å². The van der Waals surface area contributed by atoms with E-state index in [1.807, 2.05) is 0 Å². The zero-order valence-electron chi connectivity index (χ0n) is 6.55. The van der Waals surface area contributed by atoms with Gasteiger partial charge in [0.15, 0.2) is 0 Å². The van der Waals surface area contributed by atoms with E-state index in [4.69, 9.17) is 5.11 Å². The summed E-state index contributed by atoms with van der Waals surface area (Å²) in [5, 5.41) is 10.9. The second-order valence-electron chi connectivity index (χ2n) is 2.86. The highest BCUT2D eigenvalue weighted by molar-refractivity contribution is 6.34. The molecule has 0 radical (unpaired) electrons. The van der Waals surface area contributed by atoms with Gasteiger partial charge >= 0.3 is 11.8 Å². The number of aliphatic hydroxyl groups excluding tert-OH is 1. The predicted octanol–water partition coefficient (Wildman–Crippen LogP) is -1.64. The van der Waals surface area contributed by atoms with E-state index in [9.17, 15) is 9.59 Å². The van der Waals surface area contributed by atoms with Gasteiger partial charge in [0.1, 0.15) is 0 Å². The van der Waals surface area contributed by atoms with E-state index in [0.717, 1.165) is 0 Å². The summed E-state index contributed by atoms with van der Waals surface area (Å²) in [6.07, 6.45) is 0. The van der Waals surface area contributed by atoms with E-state index in [1.165, 1.54) is 0 Å². The molecule has 0 fully saturated rings. The van der Waals surface area contributed by atoms with Crippen LogP contribution in [0, 0.1) is 0 Å². The van der Waals surface area contributed by atoms with Gasteiger partial charge in [0.25, 0.3) is 0 Å². The molecule has 5 heteroatoms. The molecule has 0 rings (SSSR count). The zero-order chi connectivity index (χ0) is 9.07. The third-order valence-electron chi connectivity index (χ3n) is 1.07. The summed E-state index contributed by atoms with van der Waals surface area (Å²) in [5.41, 5.74) is 3.87. The van der Waals surface area contributed by atoms with Crippen molar-refractivity contribution in [2.75, 3.05) is 6.61 Å². The van der Waals surface area contributed by atoms with Crippen molar-refractivity contribution in [2.45, 2.75) is 19.4 Å². The Kier molecular flexibility index (Phi) is 3.00. The Bertz CT molecular complexity index is 177. The van der Waals surface area contributed by atoms with Crippen LogP contribution in [0.15, 0.2) is 0 Å². The molecule has 0 aromatic rings. The Balaban J connectivity index is 4.04. The molecule has 0 spiro atoms. The fourth-order valence-electron chi connectivity index (χ4n) is 0.408. The van der Waals surface area contributed by atoms with E-state index in [2.05, 4.69) is 11.1 Å². The molecule has 0 saturated carbocycles. The topological polar surface area (TPSA) is 92.4 Å². The van der Waals surface area contributed by atoms with Gasteiger partial charge in [-0.05, 0) is 13.8 Å². The molecule has 0 bridgehead atoms. The predicted molar refractivity (Wildman–Crippen MR) is 38.5 cm³/mol. The normalized spacial score (nSPS) is 10.8. The van der Waals surface area contributed by atoms with Gasteiger partial charge in [-0.2, -0.15) is 0 Å². The summed E-state index contributed by atoms with van der Waals surface area (Å²) in [5.74, 6) is -1.93. The quantitative estimate of drug-likeness (QED) is 0.423. The number of amides is 2. The first-order chi connectivity index (χ1) is 4.89. The average Bonchev–Trinajstić information content (AvgIpc) is 1.87. The Labute approximate surface area is 64.6 Å². The van der Waals surface area contributed by atoms with Crippen LogP contribution in [0.2, 0.25) is 0 Å². The smallest absolute Gasteiger partial charge is 0.309 e. The van der Waals surface area contributed by atoms with Crippen LogP contribution in [0.25, 0.3) is 0 Å². The van der Waals surface area contributed by atoms with Gasteiger partial charge in [-0.15, -0.1) is 0 Å². The van der Waals surface area contributed by atoms with Crippen LogP contribution >= 0.6 is 0 Å². The number of hydrogen-bond acceptors (Lipinski definition) is 3. The van der Waals surface area contributed by atoms with Gasteiger partial charge in [0.05, 0.1) is 12.1 Å². The van der Waals surface area contributed by atoms with Gasteiger partial charge in [-0.25, -0.2) is 0 Å². The average molecular weight is 160 g/mol. The summed E-state index contributed by atoms with van der Waals surface area (Å²) >= 11 is 0. The number of carbonyl (C=O) groups is 2. The van der Waals surface area contributed by atoms with Crippen LogP contribution in [0.5, 0.6) is 0 Å². The molecule has 0 saturated heterocycles.